The average Bonchev–Trinajstić information content (AvgIpc) is 2.40. The van der Waals surface area contributed by atoms with Crippen LogP contribution < -0.4 is 10.5 Å². The molecule has 1 aromatic rings. The minimum atomic E-state index is -0.275. The number of nitrogens with zero attached hydrogens (tertiary/aromatic N) is 1. The Bertz CT molecular complexity index is 540. The van der Waals surface area contributed by atoms with E-state index >= 15 is 0 Å². The van der Waals surface area contributed by atoms with E-state index in [-0.39, 0.29) is 23.5 Å². The maximum absolute atomic E-state index is 12.5. The summed E-state index contributed by atoms with van der Waals surface area (Å²) in [4.78, 5) is 14.4. The predicted molar refractivity (Wildman–Crippen MR) is 87.2 cm³/mol. The van der Waals surface area contributed by atoms with E-state index in [1.54, 1.807) is 7.11 Å². The van der Waals surface area contributed by atoms with Crippen LogP contribution in [0.5, 0.6) is 5.75 Å². The van der Waals surface area contributed by atoms with Gasteiger partial charge < -0.3 is 15.4 Å². The molecule has 0 spiro atoms. The Labute approximate surface area is 134 Å². The van der Waals surface area contributed by atoms with Crippen molar-refractivity contribution >= 4 is 21.8 Å². The number of rotatable bonds is 2. The van der Waals surface area contributed by atoms with Gasteiger partial charge in [-0.2, -0.15) is 0 Å². The van der Waals surface area contributed by atoms with Gasteiger partial charge in [-0.15, -0.1) is 0 Å². The van der Waals surface area contributed by atoms with Gasteiger partial charge in [0.15, 0.2) is 0 Å². The first kappa shape index (κ1) is 16.3. The van der Waals surface area contributed by atoms with Crippen LogP contribution in [0.2, 0.25) is 0 Å². The lowest BCUT2D eigenvalue weighted by molar-refractivity contribution is -0.144. The number of nitrogens with two attached hydrogens (primary N) is 1. The van der Waals surface area contributed by atoms with Crippen LogP contribution in [0.3, 0.4) is 0 Å². The number of methoxy groups -OCH3 is 1. The van der Waals surface area contributed by atoms with Crippen LogP contribution in [0.25, 0.3) is 0 Å². The lowest BCUT2D eigenvalue weighted by atomic mass is 9.86. The number of hydrogen-bond acceptors (Lipinski definition) is 3. The summed E-state index contributed by atoms with van der Waals surface area (Å²) < 4.78 is 6.27. The molecule has 0 saturated carbocycles. The zero-order valence-electron chi connectivity index (χ0n) is 13.0. The second-order valence-electron chi connectivity index (χ2n) is 6.47. The number of halogens is 1. The van der Waals surface area contributed by atoms with Crippen LogP contribution in [0.4, 0.5) is 0 Å². The van der Waals surface area contributed by atoms with E-state index in [0.29, 0.717) is 12.8 Å². The lowest BCUT2D eigenvalue weighted by Crippen LogP contribution is -2.56. The van der Waals surface area contributed by atoms with Gasteiger partial charge in [0.05, 0.1) is 13.2 Å². The van der Waals surface area contributed by atoms with Crippen LogP contribution in [0, 0.1) is 0 Å². The van der Waals surface area contributed by atoms with Gasteiger partial charge in [0.1, 0.15) is 5.75 Å². The highest BCUT2D eigenvalue weighted by Gasteiger charge is 2.41. The maximum atomic E-state index is 12.5. The van der Waals surface area contributed by atoms with Crippen LogP contribution in [-0.4, -0.2) is 29.5 Å². The molecule has 0 aliphatic carbocycles. The number of carbonyl (C=O) groups excluding carboxylic acids is 1. The van der Waals surface area contributed by atoms with Crippen LogP contribution in [0.15, 0.2) is 22.7 Å². The molecular formula is C16H23BrN2O2. The lowest BCUT2D eigenvalue weighted by Gasteiger charge is -2.47. The molecule has 1 aliphatic heterocycles. The van der Waals surface area contributed by atoms with E-state index in [2.05, 4.69) is 15.9 Å². The summed E-state index contributed by atoms with van der Waals surface area (Å²) in [7, 11) is 1.64. The van der Waals surface area contributed by atoms with Crippen molar-refractivity contribution in [3.8, 4) is 5.75 Å². The third kappa shape index (κ3) is 3.24. The molecule has 1 heterocycles. The molecule has 0 aromatic heterocycles. The summed E-state index contributed by atoms with van der Waals surface area (Å²) in [5.41, 5.74) is 7.09. The third-order valence-electron chi connectivity index (χ3n) is 3.89. The fraction of sp³-hybridized carbons (Fsp3) is 0.562. The number of carbonyl (C=O) groups is 1. The van der Waals surface area contributed by atoms with Gasteiger partial charge in [0.25, 0.3) is 0 Å². The van der Waals surface area contributed by atoms with E-state index in [1.807, 2.05) is 43.9 Å². The molecule has 1 fully saturated rings. The molecule has 5 heteroatoms. The Morgan fingerprint density at radius 1 is 1.38 bits per heavy atom. The highest BCUT2D eigenvalue weighted by molar-refractivity contribution is 9.10. The molecule has 1 aliphatic rings. The normalized spacial score (nSPS) is 23.3. The first-order chi connectivity index (χ1) is 9.75. The number of amides is 1. The molecule has 1 amide bonds. The molecule has 1 saturated heterocycles. The van der Waals surface area contributed by atoms with Crippen molar-refractivity contribution in [2.45, 2.75) is 51.2 Å². The number of likely N-dealkylation sites (tertiary alicyclic amines) is 1. The first-order valence-electron chi connectivity index (χ1n) is 7.17. The van der Waals surface area contributed by atoms with Crippen molar-refractivity contribution < 1.29 is 9.53 Å². The van der Waals surface area contributed by atoms with Crippen molar-refractivity contribution in [3.05, 3.63) is 28.2 Å². The standard InChI is InChI=1S/C16H23BrN2O2/c1-16(2,3)19-14(20)8-7-13(18)15(19)11-9-10(21-4)5-6-12(11)17/h5-6,9,13,15H,7-8,18H2,1-4H3. The van der Waals surface area contributed by atoms with E-state index in [1.165, 1.54) is 0 Å². The van der Waals surface area contributed by atoms with Crippen LogP contribution in [-0.2, 0) is 4.79 Å². The first-order valence-corrected chi connectivity index (χ1v) is 7.96. The van der Waals surface area contributed by atoms with Gasteiger partial charge in [0, 0.05) is 22.5 Å². The SMILES string of the molecule is COc1ccc(Br)c(C2C(N)CCC(=O)N2C(C)(C)C)c1. The molecule has 4 nitrogen and oxygen atoms in total. The number of hydrogen-bond donors (Lipinski definition) is 1. The molecule has 2 N–H and O–H groups in total. The van der Waals surface area contributed by atoms with E-state index in [4.69, 9.17) is 10.5 Å². The summed E-state index contributed by atoms with van der Waals surface area (Å²) in [5.74, 6) is 0.927. The number of benzene rings is 1. The van der Waals surface area contributed by atoms with E-state index in [9.17, 15) is 4.79 Å². The Morgan fingerprint density at radius 3 is 2.62 bits per heavy atom. The van der Waals surface area contributed by atoms with Gasteiger partial charge in [-0.25, -0.2) is 0 Å². The number of ether oxygens (including phenoxy) is 1. The quantitative estimate of drug-likeness (QED) is 0.886. The monoisotopic (exact) mass is 354 g/mol. The summed E-state index contributed by atoms with van der Waals surface area (Å²) in [6.07, 6.45) is 1.22. The topological polar surface area (TPSA) is 55.6 Å². The maximum Gasteiger partial charge on any atom is 0.223 e. The molecule has 2 unspecified atom stereocenters. The molecule has 116 valence electrons. The minimum Gasteiger partial charge on any atom is -0.497 e. The molecule has 0 radical (unpaired) electrons. The summed E-state index contributed by atoms with van der Waals surface area (Å²) in [5, 5.41) is 0. The third-order valence-corrected chi connectivity index (χ3v) is 4.61. The van der Waals surface area contributed by atoms with Gasteiger partial charge in [-0.1, -0.05) is 15.9 Å². The highest BCUT2D eigenvalue weighted by Crippen LogP contribution is 2.40. The summed E-state index contributed by atoms with van der Waals surface area (Å²) in [6, 6.07) is 5.58. The highest BCUT2D eigenvalue weighted by atomic mass is 79.9. The second kappa shape index (κ2) is 5.97. The average molecular weight is 355 g/mol. The van der Waals surface area contributed by atoms with Crippen molar-refractivity contribution in [2.75, 3.05) is 7.11 Å². The van der Waals surface area contributed by atoms with Crippen LogP contribution in [0.1, 0.15) is 45.2 Å². The fourth-order valence-electron chi connectivity index (χ4n) is 2.95. The fourth-order valence-corrected chi connectivity index (χ4v) is 3.43. The smallest absolute Gasteiger partial charge is 0.223 e. The van der Waals surface area contributed by atoms with Crippen molar-refractivity contribution in [3.63, 3.8) is 0 Å². The molecule has 21 heavy (non-hydrogen) atoms. The molecule has 2 rings (SSSR count). The zero-order valence-corrected chi connectivity index (χ0v) is 14.6. The zero-order chi connectivity index (χ0) is 15.8. The van der Waals surface area contributed by atoms with Gasteiger partial charge in [0.2, 0.25) is 5.91 Å². The molecular weight excluding hydrogens is 332 g/mol. The number of piperidine rings is 1. The Hall–Kier alpha value is -1.07. The van der Waals surface area contributed by atoms with Crippen molar-refractivity contribution in [1.82, 2.24) is 4.90 Å². The summed E-state index contributed by atoms with van der Waals surface area (Å²) >= 11 is 3.59. The molecule has 1 aromatic carbocycles. The Morgan fingerprint density at radius 2 is 2.05 bits per heavy atom. The van der Waals surface area contributed by atoms with E-state index in [0.717, 1.165) is 15.8 Å². The Kier molecular flexibility index (Phi) is 4.63. The second-order valence-corrected chi connectivity index (χ2v) is 7.32. The van der Waals surface area contributed by atoms with Crippen molar-refractivity contribution in [2.24, 2.45) is 5.73 Å². The molecule has 0 bridgehead atoms. The predicted octanol–water partition coefficient (Wildman–Crippen LogP) is 3.25. The van der Waals surface area contributed by atoms with Crippen LogP contribution >= 0.6 is 15.9 Å². The van der Waals surface area contributed by atoms with E-state index < -0.39 is 0 Å². The molecule has 2 atom stereocenters. The van der Waals surface area contributed by atoms with Gasteiger partial charge >= 0.3 is 0 Å². The van der Waals surface area contributed by atoms with Crippen molar-refractivity contribution in [1.29, 1.82) is 0 Å². The Balaban J connectivity index is 2.53. The largest absolute Gasteiger partial charge is 0.497 e. The van der Waals surface area contributed by atoms with Gasteiger partial charge in [-0.05, 0) is 51.0 Å². The minimum absolute atomic E-state index is 0.0784. The van der Waals surface area contributed by atoms with Gasteiger partial charge in [-0.3, -0.25) is 4.79 Å². The summed E-state index contributed by atoms with van der Waals surface area (Å²) in [6.45, 7) is 6.14.